The van der Waals surface area contributed by atoms with Crippen LogP contribution < -0.4 is 11.1 Å². The van der Waals surface area contributed by atoms with Crippen LogP contribution in [0, 0.1) is 0 Å². The summed E-state index contributed by atoms with van der Waals surface area (Å²) in [7, 11) is 0. The highest BCUT2D eigenvalue weighted by Crippen LogP contribution is 2.28. The lowest BCUT2D eigenvalue weighted by Crippen LogP contribution is -2.32. The molecule has 5 heteroatoms. The van der Waals surface area contributed by atoms with Crippen LogP contribution in [-0.2, 0) is 12.7 Å². The van der Waals surface area contributed by atoms with E-state index in [0.717, 1.165) is 17.7 Å². The highest BCUT2D eigenvalue weighted by molar-refractivity contribution is 5.24. The van der Waals surface area contributed by atoms with Gasteiger partial charge in [-0.05, 0) is 24.6 Å². The standard InChI is InChI=1S/C11H15F3N2/c1-8(6-15)16-7-9-2-4-10(5-3-9)11(12,13)14/h2-5,8,16H,6-7,15H2,1H3. The third kappa shape index (κ3) is 3.83. The molecule has 2 nitrogen and oxygen atoms in total. The first-order valence-electron chi connectivity index (χ1n) is 5.03. The Morgan fingerprint density at radius 1 is 1.25 bits per heavy atom. The largest absolute Gasteiger partial charge is 0.416 e. The molecule has 0 aliphatic rings. The van der Waals surface area contributed by atoms with Crippen LogP contribution in [0.4, 0.5) is 13.2 Å². The van der Waals surface area contributed by atoms with Gasteiger partial charge < -0.3 is 11.1 Å². The maximum absolute atomic E-state index is 12.3. The third-order valence-electron chi connectivity index (χ3n) is 2.29. The van der Waals surface area contributed by atoms with Crippen molar-refractivity contribution in [2.75, 3.05) is 6.54 Å². The van der Waals surface area contributed by atoms with Crippen molar-refractivity contribution in [1.29, 1.82) is 0 Å². The zero-order valence-corrected chi connectivity index (χ0v) is 9.01. The summed E-state index contributed by atoms with van der Waals surface area (Å²) >= 11 is 0. The Kier molecular flexibility index (Phi) is 4.32. The molecule has 0 spiro atoms. The second-order valence-corrected chi connectivity index (χ2v) is 3.71. The molecule has 1 rings (SSSR count). The van der Waals surface area contributed by atoms with E-state index in [2.05, 4.69) is 5.32 Å². The Morgan fingerprint density at radius 3 is 2.25 bits per heavy atom. The summed E-state index contributed by atoms with van der Waals surface area (Å²) in [5.74, 6) is 0. The molecule has 1 aromatic rings. The number of nitrogens with two attached hydrogens (primary N) is 1. The molecule has 0 bridgehead atoms. The molecule has 1 atom stereocenters. The number of nitrogens with one attached hydrogen (secondary N) is 1. The fourth-order valence-electron chi connectivity index (χ4n) is 1.19. The van der Waals surface area contributed by atoms with Crippen molar-refractivity contribution >= 4 is 0 Å². The first kappa shape index (κ1) is 13.0. The molecular weight excluding hydrogens is 217 g/mol. The summed E-state index contributed by atoms with van der Waals surface area (Å²) in [6, 6.07) is 5.27. The SMILES string of the molecule is CC(CN)NCc1ccc(C(F)(F)F)cc1. The van der Waals surface area contributed by atoms with E-state index in [1.54, 1.807) is 0 Å². The van der Waals surface area contributed by atoms with Crippen LogP contribution in [0.5, 0.6) is 0 Å². The number of hydrogen-bond donors (Lipinski definition) is 2. The summed E-state index contributed by atoms with van der Waals surface area (Å²) in [5, 5.41) is 3.10. The van der Waals surface area contributed by atoms with Gasteiger partial charge in [0.15, 0.2) is 0 Å². The summed E-state index contributed by atoms with van der Waals surface area (Å²) in [4.78, 5) is 0. The lowest BCUT2D eigenvalue weighted by Gasteiger charge is -2.12. The van der Waals surface area contributed by atoms with E-state index in [9.17, 15) is 13.2 Å². The van der Waals surface area contributed by atoms with E-state index in [1.807, 2.05) is 6.92 Å². The van der Waals surface area contributed by atoms with Crippen LogP contribution in [0.1, 0.15) is 18.1 Å². The third-order valence-corrected chi connectivity index (χ3v) is 2.29. The van der Waals surface area contributed by atoms with Crippen molar-refractivity contribution in [3.63, 3.8) is 0 Å². The fraction of sp³-hybridized carbons (Fsp3) is 0.455. The lowest BCUT2D eigenvalue weighted by atomic mass is 10.1. The molecule has 90 valence electrons. The second kappa shape index (κ2) is 5.32. The average Bonchev–Trinajstić information content (AvgIpc) is 2.25. The summed E-state index contributed by atoms with van der Waals surface area (Å²) in [6.07, 6.45) is -4.27. The topological polar surface area (TPSA) is 38.0 Å². The van der Waals surface area contributed by atoms with Crippen molar-refractivity contribution in [2.24, 2.45) is 5.73 Å². The minimum Gasteiger partial charge on any atom is -0.329 e. The Bertz CT molecular complexity index is 319. The molecule has 0 saturated heterocycles. The Labute approximate surface area is 92.6 Å². The highest BCUT2D eigenvalue weighted by atomic mass is 19.4. The van der Waals surface area contributed by atoms with E-state index >= 15 is 0 Å². The van der Waals surface area contributed by atoms with Gasteiger partial charge in [0.1, 0.15) is 0 Å². The molecule has 0 fully saturated rings. The minimum absolute atomic E-state index is 0.155. The van der Waals surface area contributed by atoms with Crippen molar-refractivity contribution < 1.29 is 13.2 Å². The molecule has 1 unspecified atom stereocenters. The van der Waals surface area contributed by atoms with E-state index < -0.39 is 11.7 Å². The average molecular weight is 232 g/mol. The molecule has 0 aliphatic carbocycles. The van der Waals surface area contributed by atoms with Crippen LogP contribution in [0.3, 0.4) is 0 Å². The van der Waals surface area contributed by atoms with Gasteiger partial charge in [0, 0.05) is 19.1 Å². The zero-order valence-electron chi connectivity index (χ0n) is 9.01. The van der Waals surface area contributed by atoms with Gasteiger partial charge in [0.25, 0.3) is 0 Å². The lowest BCUT2D eigenvalue weighted by molar-refractivity contribution is -0.137. The van der Waals surface area contributed by atoms with Crippen molar-refractivity contribution in [3.8, 4) is 0 Å². The highest BCUT2D eigenvalue weighted by Gasteiger charge is 2.29. The molecule has 0 radical (unpaired) electrons. The molecule has 16 heavy (non-hydrogen) atoms. The first-order valence-corrected chi connectivity index (χ1v) is 5.03. The quantitative estimate of drug-likeness (QED) is 0.834. The monoisotopic (exact) mass is 232 g/mol. The molecular formula is C11H15F3N2. The summed E-state index contributed by atoms with van der Waals surface area (Å²) in [6.45, 7) is 2.95. The number of halogens is 3. The number of hydrogen-bond acceptors (Lipinski definition) is 2. The molecule has 0 saturated carbocycles. The molecule has 0 amide bonds. The van der Waals surface area contributed by atoms with E-state index in [1.165, 1.54) is 12.1 Å². The van der Waals surface area contributed by atoms with Crippen LogP contribution in [-0.4, -0.2) is 12.6 Å². The van der Waals surface area contributed by atoms with Gasteiger partial charge in [0.2, 0.25) is 0 Å². The fourth-order valence-corrected chi connectivity index (χ4v) is 1.19. The van der Waals surface area contributed by atoms with Crippen LogP contribution in [0.15, 0.2) is 24.3 Å². The Morgan fingerprint density at radius 2 is 1.81 bits per heavy atom. The molecule has 0 heterocycles. The molecule has 0 aromatic heterocycles. The first-order chi connectivity index (χ1) is 7.43. The van der Waals surface area contributed by atoms with E-state index in [4.69, 9.17) is 5.73 Å². The second-order valence-electron chi connectivity index (χ2n) is 3.71. The zero-order chi connectivity index (χ0) is 12.2. The molecule has 0 aliphatic heterocycles. The van der Waals surface area contributed by atoms with Crippen molar-refractivity contribution in [1.82, 2.24) is 5.32 Å². The molecule has 1 aromatic carbocycles. The predicted octanol–water partition coefficient (Wildman–Crippen LogP) is 2.14. The van der Waals surface area contributed by atoms with Crippen molar-refractivity contribution in [2.45, 2.75) is 25.7 Å². The normalized spacial score (nSPS) is 13.8. The predicted molar refractivity (Wildman–Crippen MR) is 56.8 cm³/mol. The maximum atomic E-state index is 12.3. The van der Waals surface area contributed by atoms with Gasteiger partial charge in [-0.2, -0.15) is 13.2 Å². The van der Waals surface area contributed by atoms with Gasteiger partial charge >= 0.3 is 6.18 Å². The van der Waals surface area contributed by atoms with Gasteiger partial charge in [0.05, 0.1) is 5.56 Å². The molecule has 3 N–H and O–H groups in total. The van der Waals surface area contributed by atoms with Gasteiger partial charge in [-0.15, -0.1) is 0 Å². The summed E-state index contributed by atoms with van der Waals surface area (Å²) in [5.41, 5.74) is 5.60. The number of rotatable bonds is 4. The number of alkyl halides is 3. The van der Waals surface area contributed by atoms with Gasteiger partial charge in [-0.3, -0.25) is 0 Å². The summed E-state index contributed by atoms with van der Waals surface area (Å²) < 4.78 is 36.8. The van der Waals surface area contributed by atoms with E-state index in [0.29, 0.717) is 13.1 Å². The smallest absolute Gasteiger partial charge is 0.329 e. The van der Waals surface area contributed by atoms with Crippen molar-refractivity contribution in [3.05, 3.63) is 35.4 Å². The van der Waals surface area contributed by atoms with E-state index in [-0.39, 0.29) is 6.04 Å². The van der Waals surface area contributed by atoms with Gasteiger partial charge in [-0.1, -0.05) is 12.1 Å². The maximum Gasteiger partial charge on any atom is 0.416 e. The Balaban J connectivity index is 2.58. The van der Waals surface area contributed by atoms with Gasteiger partial charge in [-0.25, -0.2) is 0 Å². The Hall–Kier alpha value is -1.07. The van der Waals surface area contributed by atoms with Crippen LogP contribution >= 0.6 is 0 Å². The number of benzene rings is 1. The van der Waals surface area contributed by atoms with Crippen LogP contribution in [0.25, 0.3) is 0 Å². The van der Waals surface area contributed by atoms with Crippen LogP contribution in [0.2, 0.25) is 0 Å². The minimum atomic E-state index is -4.27.